The summed E-state index contributed by atoms with van der Waals surface area (Å²) in [5.74, 6) is 0.687. The van der Waals surface area contributed by atoms with Crippen molar-refractivity contribution >= 4 is 0 Å². The molecule has 3 nitrogen and oxygen atoms in total. The van der Waals surface area contributed by atoms with Crippen LogP contribution in [0.15, 0.2) is 0 Å². The van der Waals surface area contributed by atoms with Crippen molar-refractivity contribution in [3.63, 3.8) is 0 Å². The van der Waals surface area contributed by atoms with Crippen LogP contribution in [0.5, 0.6) is 0 Å². The third-order valence-corrected chi connectivity index (χ3v) is 3.81. The van der Waals surface area contributed by atoms with Crippen LogP contribution in [-0.4, -0.2) is 38.9 Å². The fourth-order valence-corrected chi connectivity index (χ4v) is 2.48. The van der Waals surface area contributed by atoms with Crippen molar-refractivity contribution < 1.29 is 4.74 Å². The quantitative estimate of drug-likeness (QED) is 0.695. The summed E-state index contributed by atoms with van der Waals surface area (Å²) in [6.07, 6.45) is 1.60. The minimum Gasteiger partial charge on any atom is -0.378 e. The lowest BCUT2D eigenvalue weighted by Crippen LogP contribution is -2.61. The lowest BCUT2D eigenvalue weighted by atomic mass is 9.64. The van der Waals surface area contributed by atoms with Crippen LogP contribution in [0.4, 0.5) is 0 Å². The first kappa shape index (κ1) is 13.9. The molecule has 3 unspecified atom stereocenters. The molecule has 1 rings (SSSR count). The van der Waals surface area contributed by atoms with E-state index in [0.29, 0.717) is 18.1 Å². The largest absolute Gasteiger partial charge is 0.378 e. The van der Waals surface area contributed by atoms with Gasteiger partial charge in [0.05, 0.1) is 6.10 Å². The van der Waals surface area contributed by atoms with Crippen LogP contribution in [0.1, 0.15) is 34.1 Å². The summed E-state index contributed by atoms with van der Waals surface area (Å²) in [4.78, 5) is 0. The van der Waals surface area contributed by atoms with E-state index in [1.54, 1.807) is 0 Å². The van der Waals surface area contributed by atoms with Crippen molar-refractivity contribution in [1.82, 2.24) is 10.6 Å². The predicted molar refractivity (Wildman–Crippen MR) is 68.7 cm³/mol. The van der Waals surface area contributed by atoms with Gasteiger partial charge in [-0.05, 0) is 39.4 Å². The Morgan fingerprint density at radius 1 is 1.38 bits per heavy atom. The maximum absolute atomic E-state index is 5.73. The molecule has 0 aromatic rings. The number of hydrogen-bond donors (Lipinski definition) is 2. The lowest BCUT2D eigenvalue weighted by Gasteiger charge is -2.52. The summed E-state index contributed by atoms with van der Waals surface area (Å²) < 4.78 is 5.73. The van der Waals surface area contributed by atoms with Gasteiger partial charge in [0.1, 0.15) is 0 Å². The second-order valence-corrected chi connectivity index (χ2v) is 5.62. The third-order valence-electron chi connectivity index (χ3n) is 3.81. The van der Waals surface area contributed by atoms with Crippen LogP contribution in [-0.2, 0) is 4.74 Å². The fraction of sp³-hybridized carbons (Fsp3) is 1.00. The van der Waals surface area contributed by atoms with Gasteiger partial charge in [-0.15, -0.1) is 0 Å². The Balaban J connectivity index is 2.25. The summed E-state index contributed by atoms with van der Waals surface area (Å²) >= 11 is 0. The smallest absolute Gasteiger partial charge is 0.0655 e. The van der Waals surface area contributed by atoms with Crippen LogP contribution >= 0.6 is 0 Å². The molecule has 0 radical (unpaired) electrons. The molecule has 0 aromatic carbocycles. The van der Waals surface area contributed by atoms with Gasteiger partial charge < -0.3 is 15.4 Å². The fourth-order valence-electron chi connectivity index (χ4n) is 2.48. The van der Waals surface area contributed by atoms with Crippen molar-refractivity contribution in [1.29, 1.82) is 0 Å². The first-order valence-electron chi connectivity index (χ1n) is 6.51. The van der Waals surface area contributed by atoms with Gasteiger partial charge in [0.15, 0.2) is 0 Å². The van der Waals surface area contributed by atoms with E-state index < -0.39 is 0 Å². The molecule has 1 aliphatic carbocycles. The van der Waals surface area contributed by atoms with Crippen LogP contribution in [0.3, 0.4) is 0 Å². The van der Waals surface area contributed by atoms with Gasteiger partial charge in [-0.25, -0.2) is 0 Å². The van der Waals surface area contributed by atoms with E-state index in [4.69, 9.17) is 4.74 Å². The average molecular weight is 228 g/mol. The Morgan fingerprint density at radius 3 is 2.56 bits per heavy atom. The Bertz CT molecular complexity index is 206. The van der Waals surface area contributed by atoms with Crippen LogP contribution < -0.4 is 10.6 Å². The lowest BCUT2D eigenvalue weighted by molar-refractivity contribution is -0.114. The highest BCUT2D eigenvalue weighted by Crippen LogP contribution is 2.42. The van der Waals surface area contributed by atoms with Gasteiger partial charge in [-0.1, -0.05) is 20.8 Å². The Hall–Kier alpha value is -0.120. The molecule has 0 aromatic heterocycles. The van der Waals surface area contributed by atoms with Crippen LogP contribution in [0.25, 0.3) is 0 Å². The van der Waals surface area contributed by atoms with Gasteiger partial charge in [0.2, 0.25) is 0 Å². The predicted octanol–water partition coefficient (Wildman–Crippen LogP) is 1.64. The van der Waals surface area contributed by atoms with Gasteiger partial charge in [0, 0.05) is 18.1 Å². The molecule has 0 bridgehead atoms. The second-order valence-electron chi connectivity index (χ2n) is 5.62. The molecule has 0 saturated heterocycles. The standard InChI is InChI=1S/C13H28N2O/c1-6-16-12-7-11(13(12,3)4)15-9-10(2)8-14-5/h10-12,14-15H,6-9H2,1-5H3. The van der Waals surface area contributed by atoms with Crippen molar-refractivity contribution in [2.75, 3.05) is 26.7 Å². The molecule has 0 amide bonds. The zero-order valence-electron chi connectivity index (χ0n) is 11.5. The van der Waals surface area contributed by atoms with Gasteiger partial charge in [0.25, 0.3) is 0 Å². The molecule has 1 saturated carbocycles. The van der Waals surface area contributed by atoms with Crippen LogP contribution in [0, 0.1) is 11.3 Å². The first-order valence-corrected chi connectivity index (χ1v) is 6.51. The van der Waals surface area contributed by atoms with E-state index in [1.807, 2.05) is 7.05 Å². The molecule has 96 valence electrons. The van der Waals surface area contributed by atoms with E-state index in [2.05, 4.69) is 38.3 Å². The van der Waals surface area contributed by atoms with Crippen molar-refractivity contribution in [2.24, 2.45) is 11.3 Å². The van der Waals surface area contributed by atoms with E-state index in [9.17, 15) is 0 Å². The highest BCUT2D eigenvalue weighted by molar-refractivity contribution is 5.02. The second kappa shape index (κ2) is 5.99. The highest BCUT2D eigenvalue weighted by Gasteiger charge is 2.48. The molecule has 16 heavy (non-hydrogen) atoms. The molecular formula is C13H28N2O. The van der Waals surface area contributed by atoms with E-state index >= 15 is 0 Å². The van der Waals surface area contributed by atoms with Crippen LogP contribution in [0.2, 0.25) is 0 Å². The minimum atomic E-state index is 0.287. The monoisotopic (exact) mass is 228 g/mol. The molecule has 3 heteroatoms. The van der Waals surface area contributed by atoms with Crippen molar-refractivity contribution in [2.45, 2.75) is 46.3 Å². The summed E-state index contributed by atoms with van der Waals surface area (Å²) in [5, 5.41) is 6.87. The summed E-state index contributed by atoms with van der Waals surface area (Å²) in [6, 6.07) is 0.614. The van der Waals surface area contributed by atoms with Crippen molar-refractivity contribution in [3.05, 3.63) is 0 Å². The molecule has 3 atom stereocenters. The first-order chi connectivity index (χ1) is 7.52. The van der Waals surface area contributed by atoms with Crippen molar-refractivity contribution in [3.8, 4) is 0 Å². The number of hydrogen-bond acceptors (Lipinski definition) is 3. The zero-order chi connectivity index (χ0) is 12.2. The van der Waals surface area contributed by atoms with Gasteiger partial charge >= 0.3 is 0 Å². The summed E-state index contributed by atoms with van der Waals surface area (Å²) in [7, 11) is 2.01. The van der Waals surface area contributed by atoms with E-state index in [1.165, 1.54) is 0 Å². The topological polar surface area (TPSA) is 33.3 Å². The maximum Gasteiger partial charge on any atom is 0.0655 e. The number of ether oxygens (including phenoxy) is 1. The van der Waals surface area contributed by atoms with Gasteiger partial charge in [-0.2, -0.15) is 0 Å². The Morgan fingerprint density at radius 2 is 2.06 bits per heavy atom. The molecule has 1 aliphatic rings. The van der Waals surface area contributed by atoms with E-state index in [0.717, 1.165) is 26.1 Å². The Labute approximate surface area is 100 Å². The Kier molecular flexibility index (Phi) is 5.22. The van der Waals surface area contributed by atoms with Gasteiger partial charge in [-0.3, -0.25) is 0 Å². The summed E-state index contributed by atoms with van der Waals surface area (Å²) in [6.45, 7) is 12.0. The average Bonchev–Trinajstić information content (AvgIpc) is 2.22. The zero-order valence-corrected chi connectivity index (χ0v) is 11.5. The minimum absolute atomic E-state index is 0.287. The number of nitrogens with one attached hydrogen (secondary N) is 2. The van der Waals surface area contributed by atoms with E-state index in [-0.39, 0.29) is 5.41 Å². The maximum atomic E-state index is 5.73. The summed E-state index contributed by atoms with van der Waals surface area (Å²) in [5.41, 5.74) is 0.287. The molecule has 0 spiro atoms. The molecule has 2 N–H and O–H groups in total. The molecule has 0 aliphatic heterocycles. The molecule has 0 heterocycles. The number of rotatable bonds is 7. The molecular weight excluding hydrogens is 200 g/mol. The normalized spacial score (nSPS) is 29.8. The molecule has 1 fully saturated rings. The SMILES string of the molecule is CCOC1CC(NCC(C)CNC)C1(C)C. The highest BCUT2D eigenvalue weighted by atomic mass is 16.5. The third kappa shape index (κ3) is 3.19.